The first-order valence-electron chi connectivity index (χ1n) is 33.7. The second kappa shape index (κ2) is 59.8. The topological polar surface area (TPSA) is 105 Å². The number of phosphoric acid groups is 1. The maximum atomic E-state index is 13.0. The van der Waals surface area contributed by atoms with Crippen molar-refractivity contribution in [1.29, 1.82) is 0 Å². The molecule has 9 heteroatoms. The van der Waals surface area contributed by atoms with Crippen LogP contribution in [0.3, 0.4) is 0 Å². The molecule has 0 saturated carbocycles. The molecule has 0 aliphatic heterocycles. The zero-order valence-corrected chi connectivity index (χ0v) is 53.3. The number of hydrogen-bond acceptors (Lipinski definition) is 5. The van der Waals surface area contributed by atoms with Gasteiger partial charge in [-0.15, -0.1) is 0 Å². The van der Waals surface area contributed by atoms with Gasteiger partial charge in [0.05, 0.1) is 39.9 Å². The lowest BCUT2D eigenvalue weighted by atomic mass is 10.0. The van der Waals surface area contributed by atoms with E-state index in [1.54, 1.807) is 6.08 Å². The summed E-state index contributed by atoms with van der Waals surface area (Å²) in [7, 11) is 1.55. The van der Waals surface area contributed by atoms with Crippen LogP contribution in [-0.4, -0.2) is 73.4 Å². The Hall–Kier alpha value is -1.80. The maximum absolute atomic E-state index is 13.0. The number of unbranched alkanes of at least 4 members (excludes halogenated alkanes) is 41. The molecule has 0 spiro atoms. The van der Waals surface area contributed by atoms with Crippen molar-refractivity contribution in [3.05, 3.63) is 60.8 Å². The SMILES string of the molecule is CCCCCCC/C=C\C/C=C\CCCCCCCCCCCCCCCCCC(=O)NC(COP(=O)(O)OCC[N+](C)(C)C)C(O)/C=C/CC/C=C/CC/C=C/CCCCCCCCCCCCCCCCCCCCC. The minimum atomic E-state index is -4.37. The van der Waals surface area contributed by atoms with Gasteiger partial charge in [0.25, 0.3) is 0 Å². The Morgan fingerprint density at radius 1 is 0.436 bits per heavy atom. The van der Waals surface area contributed by atoms with Gasteiger partial charge in [-0.3, -0.25) is 13.8 Å². The van der Waals surface area contributed by atoms with Crippen LogP contribution in [-0.2, 0) is 18.4 Å². The van der Waals surface area contributed by atoms with Crippen LogP contribution in [0.1, 0.15) is 322 Å². The molecule has 0 aliphatic carbocycles. The molecule has 0 aromatic rings. The molecule has 0 bridgehead atoms. The minimum absolute atomic E-state index is 0.0528. The number of aliphatic hydroxyl groups is 1. The first-order chi connectivity index (χ1) is 38.0. The molecule has 78 heavy (non-hydrogen) atoms. The second-order valence-corrected chi connectivity index (χ2v) is 25.6. The number of rotatable bonds is 62. The summed E-state index contributed by atoms with van der Waals surface area (Å²) in [4.78, 5) is 23.4. The van der Waals surface area contributed by atoms with Crippen LogP contribution >= 0.6 is 7.82 Å². The Balaban J connectivity index is 4.16. The number of nitrogens with zero attached hydrogens (tertiary/aromatic N) is 1. The van der Waals surface area contributed by atoms with Crippen LogP contribution in [0.15, 0.2) is 60.8 Å². The first kappa shape index (κ1) is 76.2. The maximum Gasteiger partial charge on any atom is 0.472 e. The van der Waals surface area contributed by atoms with E-state index in [0.717, 1.165) is 51.4 Å². The minimum Gasteiger partial charge on any atom is -0.387 e. The Bertz CT molecular complexity index is 1450. The van der Waals surface area contributed by atoms with Gasteiger partial charge in [-0.1, -0.05) is 299 Å². The van der Waals surface area contributed by atoms with Crippen molar-refractivity contribution in [2.24, 2.45) is 0 Å². The summed E-state index contributed by atoms with van der Waals surface area (Å²) < 4.78 is 23.8. The highest BCUT2D eigenvalue weighted by Gasteiger charge is 2.28. The third-order valence-corrected chi connectivity index (χ3v) is 16.2. The monoisotopic (exact) mass is 1120 g/mol. The van der Waals surface area contributed by atoms with Crippen LogP contribution in [0.25, 0.3) is 0 Å². The molecule has 0 rings (SSSR count). The number of hydrogen-bond donors (Lipinski definition) is 3. The lowest BCUT2D eigenvalue weighted by Gasteiger charge is -2.25. The molecule has 3 N–H and O–H groups in total. The van der Waals surface area contributed by atoms with E-state index >= 15 is 0 Å². The van der Waals surface area contributed by atoms with Crippen molar-refractivity contribution < 1.29 is 32.9 Å². The van der Waals surface area contributed by atoms with E-state index < -0.39 is 20.0 Å². The van der Waals surface area contributed by atoms with Gasteiger partial charge in [0.2, 0.25) is 5.91 Å². The second-order valence-electron chi connectivity index (χ2n) is 24.2. The van der Waals surface area contributed by atoms with Crippen molar-refractivity contribution in [2.75, 3.05) is 40.9 Å². The molecule has 3 unspecified atom stereocenters. The number of phosphoric ester groups is 1. The Morgan fingerprint density at radius 3 is 1.10 bits per heavy atom. The highest BCUT2D eigenvalue weighted by atomic mass is 31.2. The summed E-state index contributed by atoms with van der Waals surface area (Å²) in [6, 6.07) is -0.873. The van der Waals surface area contributed by atoms with Gasteiger partial charge in [-0.25, -0.2) is 4.57 Å². The van der Waals surface area contributed by atoms with E-state index in [-0.39, 0.29) is 19.1 Å². The average molecular weight is 1120 g/mol. The van der Waals surface area contributed by atoms with E-state index in [1.165, 1.54) is 250 Å². The van der Waals surface area contributed by atoms with Crippen molar-refractivity contribution in [2.45, 2.75) is 334 Å². The molecule has 3 atom stereocenters. The number of carbonyl (C=O) groups excluding carboxylic acids is 1. The normalized spacial score (nSPS) is 14.1. The van der Waals surface area contributed by atoms with E-state index in [2.05, 4.69) is 67.8 Å². The molecule has 8 nitrogen and oxygen atoms in total. The van der Waals surface area contributed by atoms with E-state index in [4.69, 9.17) is 9.05 Å². The van der Waals surface area contributed by atoms with Gasteiger partial charge in [-0.05, 0) is 77.0 Å². The van der Waals surface area contributed by atoms with Crippen molar-refractivity contribution in [3.8, 4) is 0 Å². The van der Waals surface area contributed by atoms with Gasteiger partial charge < -0.3 is 19.8 Å². The molecule has 0 saturated heterocycles. The zero-order chi connectivity index (χ0) is 57.0. The Kier molecular flexibility index (Phi) is 58.4. The van der Waals surface area contributed by atoms with Crippen molar-refractivity contribution in [3.63, 3.8) is 0 Å². The van der Waals surface area contributed by atoms with Crippen LogP contribution in [0.5, 0.6) is 0 Å². The van der Waals surface area contributed by atoms with Crippen LogP contribution in [0.4, 0.5) is 0 Å². The fraction of sp³-hybridized carbons (Fsp3) is 0.841. The zero-order valence-electron chi connectivity index (χ0n) is 52.4. The van der Waals surface area contributed by atoms with Crippen molar-refractivity contribution >= 4 is 13.7 Å². The summed E-state index contributed by atoms with van der Waals surface area (Å²) in [5.74, 6) is -0.188. The smallest absolute Gasteiger partial charge is 0.387 e. The predicted molar refractivity (Wildman–Crippen MR) is 341 cm³/mol. The molecule has 0 fully saturated rings. The quantitative estimate of drug-likeness (QED) is 0.0243. The molecular formula is C69H132N2O6P+. The summed E-state index contributed by atoms with van der Waals surface area (Å²) in [6.07, 6.45) is 82.2. The third kappa shape index (κ3) is 61.8. The highest BCUT2D eigenvalue weighted by Crippen LogP contribution is 2.43. The van der Waals surface area contributed by atoms with Crippen LogP contribution in [0.2, 0.25) is 0 Å². The standard InChI is InChI=1S/C69H131N2O6P/c1-6-8-10-12-14-16-18-20-22-24-26-28-30-32-34-35-37-38-40-42-44-46-48-50-52-54-56-58-60-62-68(72)67(66-77-78(74,75)76-65-64-71(3,4)5)70-69(73)63-61-59-57-55-53-51-49-47-45-43-41-39-36-33-31-29-27-25-23-21-19-17-15-13-11-9-7-2/h19,21,25,27,44,46,52,54,60,62,67-68,72H,6-18,20,22-24,26,28-43,45,47-51,53,55-59,61,63-66H2,1-5H3,(H-,70,73,74,75)/p+1/b21-19-,27-25-,46-44+,54-52+,62-60+. The molecule has 1 amide bonds. The Labute approximate surface area is 485 Å². The van der Waals surface area contributed by atoms with Crippen LogP contribution < -0.4 is 5.32 Å². The summed E-state index contributed by atoms with van der Waals surface area (Å²) in [5.41, 5.74) is 0. The molecule has 0 aliphatic rings. The lowest BCUT2D eigenvalue weighted by Crippen LogP contribution is -2.45. The summed E-state index contributed by atoms with van der Waals surface area (Å²) in [5, 5.41) is 14.0. The molecule has 0 aromatic heterocycles. The summed E-state index contributed by atoms with van der Waals surface area (Å²) >= 11 is 0. The Morgan fingerprint density at radius 2 is 0.744 bits per heavy atom. The van der Waals surface area contributed by atoms with Gasteiger partial charge in [0.15, 0.2) is 0 Å². The number of aliphatic hydroxyl groups excluding tert-OH is 1. The molecule has 458 valence electrons. The number of quaternary nitrogens is 1. The third-order valence-electron chi connectivity index (χ3n) is 15.2. The van der Waals surface area contributed by atoms with E-state index in [0.29, 0.717) is 17.4 Å². The van der Waals surface area contributed by atoms with Crippen molar-refractivity contribution in [1.82, 2.24) is 5.32 Å². The first-order valence-corrected chi connectivity index (χ1v) is 35.2. The summed E-state index contributed by atoms with van der Waals surface area (Å²) in [6.45, 7) is 4.82. The van der Waals surface area contributed by atoms with Crippen LogP contribution in [0, 0.1) is 0 Å². The number of allylic oxidation sites excluding steroid dienone is 9. The predicted octanol–water partition coefficient (Wildman–Crippen LogP) is 21.2. The lowest BCUT2D eigenvalue weighted by molar-refractivity contribution is -0.870. The number of nitrogens with one attached hydrogen (secondary N) is 1. The van der Waals surface area contributed by atoms with E-state index in [1.807, 2.05) is 27.2 Å². The van der Waals surface area contributed by atoms with Gasteiger partial charge in [0, 0.05) is 6.42 Å². The largest absolute Gasteiger partial charge is 0.472 e. The van der Waals surface area contributed by atoms with Gasteiger partial charge >= 0.3 is 7.82 Å². The number of carbonyl (C=O) groups is 1. The fourth-order valence-corrected chi connectivity index (χ4v) is 10.7. The van der Waals surface area contributed by atoms with Gasteiger partial charge in [-0.2, -0.15) is 0 Å². The molecular weight excluding hydrogens is 984 g/mol. The fourth-order valence-electron chi connectivity index (χ4n) is 9.93. The van der Waals surface area contributed by atoms with Gasteiger partial charge in [0.1, 0.15) is 13.2 Å². The number of likely N-dealkylation sites (N-methyl/N-ethyl adjacent to an activating group) is 1. The molecule has 0 heterocycles. The molecule has 0 radical (unpaired) electrons. The molecule has 0 aromatic carbocycles. The highest BCUT2D eigenvalue weighted by molar-refractivity contribution is 7.47. The number of amides is 1. The van der Waals surface area contributed by atoms with E-state index in [9.17, 15) is 19.4 Å². The average Bonchev–Trinajstić information content (AvgIpc) is 3.41.